The Bertz CT molecular complexity index is 133. The van der Waals surface area contributed by atoms with Gasteiger partial charge in [0.2, 0.25) is 0 Å². The Morgan fingerprint density at radius 2 is 1.14 bits per heavy atom. The minimum absolute atomic E-state index is 0.431. The molecule has 0 spiro atoms. The highest BCUT2D eigenvalue weighted by atomic mass is 16.3. The van der Waals surface area contributed by atoms with Gasteiger partial charge < -0.3 is 25.7 Å². The molecule has 0 amide bonds. The first-order valence-electron chi connectivity index (χ1n) is 5.04. The zero-order chi connectivity index (χ0) is 10.6. The molecule has 0 radical (unpaired) electrons. The SMILES string of the molecule is O[C@@H]1CCC[C@H]1O.O[C@@H]1CNC[C@H]1O. The molecule has 84 valence electrons. The molecule has 5 N–H and O–H groups in total. The van der Waals surface area contributed by atoms with Crippen LogP contribution < -0.4 is 5.32 Å². The summed E-state index contributed by atoms with van der Waals surface area (Å²) >= 11 is 0. The first-order valence-corrected chi connectivity index (χ1v) is 5.04. The van der Waals surface area contributed by atoms with Gasteiger partial charge in [-0.05, 0) is 19.3 Å². The lowest BCUT2D eigenvalue weighted by Gasteiger charge is -2.03. The van der Waals surface area contributed by atoms with E-state index in [0.29, 0.717) is 13.1 Å². The largest absolute Gasteiger partial charge is 0.390 e. The number of hydrogen-bond acceptors (Lipinski definition) is 5. The Kier molecular flexibility index (Phi) is 4.77. The standard InChI is InChI=1S/C5H10O2.C4H9NO2/c6-4-2-1-3-5(4)7;6-3-1-5-2-4(3)7/h4-7H,1-3H2;3-7H,1-2H2/t4-,5-;3-,4-/m11/s1. The van der Waals surface area contributed by atoms with Crippen molar-refractivity contribution in [1.82, 2.24) is 5.32 Å². The second-order valence-electron chi connectivity index (χ2n) is 3.86. The Balaban J connectivity index is 0.000000140. The van der Waals surface area contributed by atoms with Gasteiger partial charge in [0.05, 0.1) is 24.4 Å². The molecule has 4 atom stereocenters. The molecule has 0 aromatic rings. The molecule has 2 fully saturated rings. The molecule has 2 aliphatic rings. The van der Waals surface area contributed by atoms with Crippen LogP contribution in [0, 0.1) is 0 Å². The summed E-state index contributed by atoms with van der Waals surface area (Å²) in [4.78, 5) is 0. The molecule has 1 aliphatic heterocycles. The maximum Gasteiger partial charge on any atom is 0.0935 e. The third-order valence-corrected chi connectivity index (χ3v) is 2.60. The van der Waals surface area contributed by atoms with Crippen LogP contribution in [-0.2, 0) is 0 Å². The van der Waals surface area contributed by atoms with Gasteiger partial charge in [-0.25, -0.2) is 0 Å². The van der Waals surface area contributed by atoms with Crippen LogP contribution in [0.15, 0.2) is 0 Å². The smallest absolute Gasteiger partial charge is 0.0935 e. The molecule has 5 nitrogen and oxygen atoms in total. The zero-order valence-electron chi connectivity index (χ0n) is 8.13. The molecule has 0 bridgehead atoms. The van der Waals surface area contributed by atoms with Crippen LogP contribution >= 0.6 is 0 Å². The fourth-order valence-electron chi connectivity index (χ4n) is 1.57. The Morgan fingerprint density at radius 3 is 1.29 bits per heavy atom. The molecular formula is C9H19NO4. The van der Waals surface area contributed by atoms with Crippen molar-refractivity contribution in [2.75, 3.05) is 13.1 Å². The molecule has 0 aromatic carbocycles. The second kappa shape index (κ2) is 5.63. The van der Waals surface area contributed by atoms with Crippen molar-refractivity contribution in [3.8, 4) is 0 Å². The minimum Gasteiger partial charge on any atom is -0.390 e. The van der Waals surface area contributed by atoms with E-state index in [1.165, 1.54) is 0 Å². The van der Waals surface area contributed by atoms with Crippen LogP contribution in [0.25, 0.3) is 0 Å². The molecule has 0 unspecified atom stereocenters. The lowest BCUT2D eigenvalue weighted by atomic mass is 10.3. The second-order valence-corrected chi connectivity index (χ2v) is 3.86. The monoisotopic (exact) mass is 205 g/mol. The Morgan fingerprint density at radius 1 is 0.714 bits per heavy atom. The number of aliphatic hydroxyl groups excluding tert-OH is 4. The highest BCUT2D eigenvalue weighted by molar-refractivity contribution is 4.78. The van der Waals surface area contributed by atoms with E-state index in [-0.39, 0.29) is 0 Å². The van der Waals surface area contributed by atoms with Crippen LogP contribution in [0.1, 0.15) is 19.3 Å². The zero-order valence-corrected chi connectivity index (χ0v) is 8.13. The van der Waals surface area contributed by atoms with Crippen molar-refractivity contribution in [2.24, 2.45) is 0 Å². The Hall–Kier alpha value is -0.200. The highest BCUT2D eigenvalue weighted by Crippen LogP contribution is 2.17. The number of nitrogens with one attached hydrogen (secondary N) is 1. The summed E-state index contributed by atoms with van der Waals surface area (Å²) in [5, 5.41) is 37.7. The van der Waals surface area contributed by atoms with Crippen molar-refractivity contribution in [3.63, 3.8) is 0 Å². The average Bonchev–Trinajstić information content (AvgIpc) is 2.67. The molecule has 1 aliphatic carbocycles. The van der Waals surface area contributed by atoms with E-state index < -0.39 is 24.4 Å². The van der Waals surface area contributed by atoms with Crippen molar-refractivity contribution in [2.45, 2.75) is 43.7 Å². The summed E-state index contributed by atoms with van der Waals surface area (Å²) in [5.74, 6) is 0. The topological polar surface area (TPSA) is 93.0 Å². The molecule has 0 aromatic heterocycles. The van der Waals surface area contributed by atoms with Crippen LogP contribution in [0.2, 0.25) is 0 Å². The minimum atomic E-state index is -0.542. The van der Waals surface area contributed by atoms with Gasteiger partial charge in [-0.3, -0.25) is 0 Å². The van der Waals surface area contributed by atoms with Gasteiger partial charge in [-0.15, -0.1) is 0 Å². The first kappa shape index (κ1) is 11.9. The summed E-state index contributed by atoms with van der Waals surface area (Å²) < 4.78 is 0. The fourth-order valence-corrected chi connectivity index (χ4v) is 1.57. The van der Waals surface area contributed by atoms with Crippen LogP contribution in [0.5, 0.6) is 0 Å². The molecule has 1 heterocycles. The molecule has 5 heteroatoms. The van der Waals surface area contributed by atoms with Gasteiger partial charge in [0.15, 0.2) is 0 Å². The van der Waals surface area contributed by atoms with Crippen molar-refractivity contribution >= 4 is 0 Å². The maximum absolute atomic E-state index is 8.75. The summed E-state index contributed by atoms with van der Waals surface area (Å²) in [6.45, 7) is 1.06. The highest BCUT2D eigenvalue weighted by Gasteiger charge is 2.22. The van der Waals surface area contributed by atoms with E-state index in [4.69, 9.17) is 20.4 Å². The van der Waals surface area contributed by atoms with Crippen molar-refractivity contribution in [1.29, 1.82) is 0 Å². The molecule has 14 heavy (non-hydrogen) atoms. The molecular weight excluding hydrogens is 186 g/mol. The average molecular weight is 205 g/mol. The summed E-state index contributed by atoms with van der Waals surface area (Å²) in [6.07, 6.45) is 0.588. The molecule has 2 rings (SSSR count). The number of rotatable bonds is 0. The van der Waals surface area contributed by atoms with E-state index in [1.54, 1.807) is 0 Å². The van der Waals surface area contributed by atoms with Crippen LogP contribution in [0.4, 0.5) is 0 Å². The van der Waals surface area contributed by atoms with Gasteiger partial charge in [0, 0.05) is 13.1 Å². The van der Waals surface area contributed by atoms with Gasteiger partial charge in [0.25, 0.3) is 0 Å². The number of β-amino-alcohol motifs (C(OH)–C–C–N with tert-alkyl or cyclic N) is 2. The fraction of sp³-hybridized carbons (Fsp3) is 1.00. The van der Waals surface area contributed by atoms with Gasteiger partial charge in [0.1, 0.15) is 0 Å². The van der Waals surface area contributed by atoms with Gasteiger partial charge in [-0.2, -0.15) is 0 Å². The first-order chi connectivity index (χ1) is 6.61. The van der Waals surface area contributed by atoms with Crippen molar-refractivity contribution < 1.29 is 20.4 Å². The maximum atomic E-state index is 8.75. The van der Waals surface area contributed by atoms with Gasteiger partial charge >= 0.3 is 0 Å². The summed E-state index contributed by atoms with van der Waals surface area (Å²) in [7, 11) is 0. The normalized spacial score (nSPS) is 42.0. The van der Waals surface area contributed by atoms with Crippen LogP contribution in [-0.4, -0.2) is 57.9 Å². The molecule has 1 saturated heterocycles. The summed E-state index contributed by atoms with van der Waals surface area (Å²) in [5.41, 5.74) is 0. The lowest BCUT2D eigenvalue weighted by Crippen LogP contribution is -2.22. The van der Waals surface area contributed by atoms with Crippen molar-refractivity contribution in [3.05, 3.63) is 0 Å². The third kappa shape index (κ3) is 3.51. The van der Waals surface area contributed by atoms with E-state index >= 15 is 0 Å². The van der Waals surface area contributed by atoms with E-state index in [0.717, 1.165) is 19.3 Å². The predicted molar refractivity (Wildman–Crippen MR) is 50.7 cm³/mol. The van der Waals surface area contributed by atoms with E-state index in [2.05, 4.69) is 5.32 Å². The van der Waals surface area contributed by atoms with Crippen LogP contribution in [0.3, 0.4) is 0 Å². The number of hydrogen-bond donors (Lipinski definition) is 5. The predicted octanol–water partition coefficient (Wildman–Crippen LogP) is -1.80. The van der Waals surface area contributed by atoms with Gasteiger partial charge in [-0.1, -0.05) is 0 Å². The third-order valence-electron chi connectivity index (χ3n) is 2.60. The molecule has 1 saturated carbocycles. The quantitative estimate of drug-likeness (QED) is 0.322. The summed E-state index contributed by atoms with van der Waals surface area (Å²) in [6, 6.07) is 0. The van der Waals surface area contributed by atoms with E-state index in [9.17, 15) is 0 Å². The number of aliphatic hydroxyl groups is 4. The Labute approximate surface area is 83.4 Å². The van der Waals surface area contributed by atoms with E-state index in [1.807, 2.05) is 0 Å². The lowest BCUT2D eigenvalue weighted by molar-refractivity contribution is 0.0438.